The monoisotopic (exact) mass is 292 g/mol. The number of halogens is 1. The summed E-state index contributed by atoms with van der Waals surface area (Å²) in [6, 6.07) is 5.59. The van der Waals surface area contributed by atoms with Gasteiger partial charge < -0.3 is 15.0 Å². The van der Waals surface area contributed by atoms with Gasteiger partial charge in [-0.05, 0) is 18.9 Å². The van der Waals surface area contributed by atoms with Gasteiger partial charge in [0.05, 0.1) is 5.02 Å². The van der Waals surface area contributed by atoms with Crippen molar-refractivity contribution in [2.45, 2.75) is 39.0 Å². The fraction of sp³-hybridized carbons (Fsp3) is 0.429. The van der Waals surface area contributed by atoms with Crippen LogP contribution in [0.4, 0.5) is 0 Å². The molecule has 0 saturated carbocycles. The van der Waals surface area contributed by atoms with Gasteiger partial charge in [-0.3, -0.25) is 0 Å². The minimum absolute atomic E-state index is 0.365. The third-order valence-electron chi connectivity index (χ3n) is 3.55. The van der Waals surface area contributed by atoms with E-state index in [2.05, 4.69) is 14.8 Å². The molecule has 0 aliphatic carbocycles. The molecule has 5 nitrogen and oxygen atoms in total. The van der Waals surface area contributed by atoms with Crippen molar-refractivity contribution in [1.29, 1.82) is 0 Å². The summed E-state index contributed by atoms with van der Waals surface area (Å²) in [6.45, 7) is 1.73. The van der Waals surface area contributed by atoms with E-state index < -0.39 is 0 Å². The second-order valence-corrected chi connectivity index (χ2v) is 5.27. The van der Waals surface area contributed by atoms with Gasteiger partial charge in [-0.2, -0.15) is 0 Å². The standard InChI is InChI=1S/C14H17ClN4O/c15-11-5-3-4-10(8-16)14(11)20-9-13-18-17-12-6-1-2-7-19(12)13/h3-5H,1-2,6-9,16H2. The molecule has 1 aliphatic heterocycles. The first-order valence-corrected chi connectivity index (χ1v) is 7.18. The topological polar surface area (TPSA) is 66.0 Å². The van der Waals surface area contributed by atoms with Crippen LogP contribution in [0.3, 0.4) is 0 Å². The van der Waals surface area contributed by atoms with Crippen LogP contribution in [0, 0.1) is 0 Å². The number of para-hydroxylation sites is 1. The van der Waals surface area contributed by atoms with E-state index in [4.69, 9.17) is 22.1 Å². The first kappa shape index (κ1) is 13.4. The lowest BCUT2D eigenvalue weighted by Gasteiger charge is -2.16. The van der Waals surface area contributed by atoms with Gasteiger partial charge in [-0.1, -0.05) is 23.7 Å². The normalized spacial score (nSPS) is 14.1. The molecule has 0 saturated heterocycles. The van der Waals surface area contributed by atoms with Gasteiger partial charge >= 0.3 is 0 Å². The summed E-state index contributed by atoms with van der Waals surface area (Å²) in [5, 5.41) is 9.00. The number of rotatable bonds is 4. The second kappa shape index (κ2) is 5.81. The Labute approximate surface area is 122 Å². The predicted molar refractivity (Wildman–Crippen MR) is 76.6 cm³/mol. The third-order valence-corrected chi connectivity index (χ3v) is 3.85. The van der Waals surface area contributed by atoms with Crippen LogP contribution in [0.25, 0.3) is 0 Å². The van der Waals surface area contributed by atoms with Gasteiger partial charge in [-0.25, -0.2) is 0 Å². The average Bonchev–Trinajstić information content (AvgIpc) is 2.89. The maximum atomic E-state index is 6.17. The van der Waals surface area contributed by atoms with Crippen molar-refractivity contribution in [3.63, 3.8) is 0 Å². The van der Waals surface area contributed by atoms with Crippen molar-refractivity contribution in [3.05, 3.63) is 40.4 Å². The fourth-order valence-corrected chi connectivity index (χ4v) is 2.74. The molecule has 0 atom stereocenters. The minimum atomic E-state index is 0.365. The van der Waals surface area contributed by atoms with Crippen molar-refractivity contribution >= 4 is 11.6 Å². The van der Waals surface area contributed by atoms with Crippen LogP contribution in [0.2, 0.25) is 5.02 Å². The quantitative estimate of drug-likeness (QED) is 0.939. The van der Waals surface area contributed by atoms with Crippen molar-refractivity contribution in [3.8, 4) is 5.75 Å². The van der Waals surface area contributed by atoms with Crippen LogP contribution in [0.5, 0.6) is 5.75 Å². The molecule has 20 heavy (non-hydrogen) atoms. The predicted octanol–water partition coefficient (Wildman–Crippen LogP) is 2.31. The SMILES string of the molecule is NCc1cccc(Cl)c1OCc1nnc2n1CCCC2. The summed E-state index contributed by atoms with van der Waals surface area (Å²) < 4.78 is 7.98. The molecule has 1 aromatic carbocycles. The molecule has 6 heteroatoms. The number of nitrogens with zero attached hydrogens (tertiary/aromatic N) is 3. The Hall–Kier alpha value is -1.59. The Kier molecular flexibility index (Phi) is 3.89. The van der Waals surface area contributed by atoms with Gasteiger partial charge in [0.15, 0.2) is 5.82 Å². The molecule has 0 amide bonds. The van der Waals surface area contributed by atoms with Gasteiger partial charge in [-0.15, -0.1) is 10.2 Å². The third kappa shape index (κ3) is 2.51. The van der Waals surface area contributed by atoms with E-state index in [1.807, 2.05) is 12.1 Å². The molecule has 0 unspecified atom stereocenters. The minimum Gasteiger partial charge on any atom is -0.484 e. The maximum Gasteiger partial charge on any atom is 0.171 e. The summed E-state index contributed by atoms with van der Waals surface area (Å²) in [6.07, 6.45) is 3.34. The highest BCUT2D eigenvalue weighted by molar-refractivity contribution is 6.32. The van der Waals surface area contributed by atoms with Crippen LogP contribution in [0.1, 0.15) is 30.1 Å². The molecule has 0 spiro atoms. The number of hydrogen-bond acceptors (Lipinski definition) is 4. The van der Waals surface area contributed by atoms with Crippen LogP contribution in [-0.4, -0.2) is 14.8 Å². The zero-order valence-electron chi connectivity index (χ0n) is 11.2. The molecule has 2 aromatic rings. The van der Waals surface area contributed by atoms with Gasteiger partial charge in [0, 0.05) is 25.1 Å². The van der Waals surface area contributed by atoms with Crippen LogP contribution in [0.15, 0.2) is 18.2 Å². The summed E-state index contributed by atoms with van der Waals surface area (Å²) in [5.41, 5.74) is 6.61. The number of hydrogen-bond donors (Lipinski definition) is 1. The van der Waals surface area contributed by atoms with Crippen molar-refractivity contribution in [2.75, 3.05) is 0 Å². The lowest BCUT2D eigenvalue weighted by Crippen LogP contribution is -2.15. The van der Waals surface area contributed by atoms with Crippen molar-refractivity contribution in [1.82, 2.24) is 14.8 Å². The average molecular weight is 293 g/mol. The van der Waals surface area contributed by atoms with E-state index >= 15 is 0 Å². The first-order chi connectivity index (χ1) is 9.79. The Morgan fingerprint density at radius 3 is 3.05 bits per heavy atom. The molecule has 2 heterocycles. The molecule has 2 N–H and O–H groups in total. The van der Waals surface area contributed by atoms with E-state index in [1.54, 1.807) is 6.07 Å². The molecule has 0 bridgehead atoms. The number of aromatic nitrogens is 3. The van der Waals surface area contributed by atoms with Gasteiger partial charge in [0.25, 0.3) is 0 Å². The van der Waals surface area contributed by atoms with Gasteiger partial charge in [0.1, 0.15) is 18.2 Å². The molecule has 106 valence electrons. The summed E-state index contributed by atoms with van der Waals surface area (Å²) in [4.78, 5) is 0. The zero-order valence-corrected chi connectivity index (χ0v) is 11.9. The van der Waals surface area contributed by atoms with Crippen LogP contribution >= 0.6 is 11.6 Å². The van der Waals surface area contributed by atoms with E-state index in [1.165, 1.54) is 6.42 Å². The number of aryl methyl sites for hydroxylation is 1. The molecule has 0 fully saturated rings. The van der Waals surface area contributed by atoms with Crippen molar-refractivity contribution < 1.29 is 4.74 Å². The highest BCUT2D eigenvalue weighted by atomic mass is 35.5. The maximum absolute atomic E-state index is 6.17. The van der Waals surface area contributed by atoms with Crippen molar-refractivity contribution in [2.24, 2.45) is 5.73 Å². The Morgan fingerprint density at radius 2 is 2.20 bits per heavy atom. The summed E-state index contributed by atoms with van der Waals surface area (Å²) in [7, 11) is 0. The van der Waals surface area contributed by atoms with E-state index in [9.17, 15) is 0 Å². The summed E-state index contributed by atoms with van der Waals surface area (Å²) >= 11 is 6.17. The Morgan fingerprint density at radius 1 is 1.30 bits per heavy atom. The Bertz CT molecular complexity index is 611. The highest BCUT2D eigenvalue weighted by Crippen LogP contribution is 2.29. The van der Waals surface area contributed by atoms with Crippen LogP contribution in [-0.2, 0) is 26.1 Å². The van der Waals surface area contributed by atoms with E-state index in [0.717, 1.165) is 36.6 Å². The Balaban J connectivity index is 1.79. The number of ether oxygens (including phenoxy) is 1. The molecule has 0 radical (unpaired) electrons. The van der Waals surface area contributed by atoms with E-state index in [-0.39, 0.29) is 0 Å². The number of benzene rings is 1. The van der Waals surface area contributed by atoms with E-state index in [0.29, 0.717) is 23.9 Å². The lowest BCUT2D eigenvalue weighted by molar-refractivity contribution is 0.283. The first-order valence-electron chi connectivity index (χ1n) is 6.81. The number of fused-ring (bicyclic) bond motifs is 1. The molecular formula is C14H17ClN4O. The molecular weight excluding hydrogens is 276 g/mol. The number of nitrogens with two attached hydrogens (primary N) is 1. The van der Waals surface area contributed by atoms with Gasteiger partial charge in [0.2, 0.25) is 0 Å². The molecule has 1 aromatic heterocycles. The van der Waals surface area contributed by atoms with Crippen LogP contribution < -0.4 is 10.5 Å². The fourth-order valence-electron chi connectivity index (χ4n) is 2.49. The zero-order chi connectivity index (χ0) is 13.9. The smallest absolute Gasteiger partial charge is 0.171 e. The largest absolute Gasteiger partial charge is 0.484 e. The molecule has 3 rings (SSSR count). The second-order valence-electron chi connectivity index (χ2n) is 4.86. The lowest BCUT2D eigenvalue weighted by atomic mass is 10.2. The molecule has 1 aliphatic rings. The summed E-state index contributed by atoms with van der Waals surface area (Å²) in [5.74, 6) is 2.54. The highest BCUT2D eigenvalue weighted by Gasteiger charge is 2.16.